The molecule has 2 heterocycles. The van der Waals surface area contributed by atoms with Crippen molar-refractivity contribution in [3.63, 3.8) is 0 Å². The van der Waals surface area contributed by atoms with Gasteiger partial charge in [0.2, 0.25) is 0 Å². The van der Waals surface area contributed by atoms with E-state index in [4.69, 9.17) is 14.5 Å². The number of aryl methyl sites for hydroxylation is 2. The van der Waals surface area contributed by atoms with Crippen LogP contribution >= 0.6 is 24.0 Å². The Bertz CT molecular complexity index is 823. The van der Waals surface area contributed by atoms with Crippen molar-refractivity contribution >= 4 is 29.9 Å². The van der Waals surface area contributed by atoms with Crippen LogP contribution in [0.4, 0.5) is 0 Å². The van der Waals surface area contributed by atoms with Crippen LogP contribution in [-0.4, -0.2) is 47.0 Å². The Kier molecular flexibility index (Phi) is 8.99. The van der Waals surface area contributed by atoms with Gasteiger partial charge < -0.3 is 20.1 Å². The van der Waals surface area contributed by atoms with Gasteiger partial charge in [-0.15, -0.1) is 24.0 Å². The lowest BCUT2D eigenvalue weighted by molar-refractivity contribution is 0.310. The van der Waals surface area contributed by atoms with Gasteiger partial charge in [-0.25, -0.2) is 14.7 Å². The zero-order valence-electron chi connectivity index (χ0n) is 17.6. The molecule has 29 heavy (non-hydrogen) atoms. The summed E-state index contributed by atoms with van der Waals surface area (Å²) in [5.74, 6) is 4.19. The highest BCUT2D eigenvalue weighted by Crippen LogP contribution is 2.28. The predicted molar refractivity (Wildman–Crippen MR) is 124 cm³/mol. The highest BCUT2D eigenvalue weighted by Gasteiger charge is 2.21. The lowest BCUT2D eigenvalue weighted by atomic mass is 10.1. The van der Waals surface area contributed by atoms with Crippen molar-refractivity contribution in [2.24, 2.45) is 4.99 Å². The summed E-state index contributed by atoms with van der Waals surface area (Å²) in [5, 5.41) is 11.3. The van der Waals surface area contributed by atoms with E-state index in [1.165, 1.54) is 0 Å². The van der Waals surface area contributed by atoms with Crippen molar-refractivity contribution < 1.29 is 9.47 Å². The quantitative estimate of drug-likeness (QED) is 0.336. The third kappa shape index (κ3) is 6.22. The van der Waals surface area contributed by atoms with Crippen LogP contribution in [0.15, 0.2) is 23.2 Å². The van der Waals surface area contributed by atoms with E-state index < -0.39 is 0 Å². The van der Waals surface area contributed by atoms with E-state index in [-0.39, 0.29) is 30.0 Å². The molecule has 2 aromatic rings. The molecule has 0 bridgehead atoms. The molecule has 0 radical (unpaired) electrons. The summed E-state index contributed by atoms with van der Waals surface area (Å²) < 4.78 is 13.0. The van der Waals surface area contributed by atoms with Gasteiger partial charge in [0.05, 0.1) is 26.8 Å². The molecule has 8 nitrogen and oxygen atoms in total. The molecule has 1 aromatic carbocycles. The van der Waals surface area contributed by atoms with Crippen molar-refractivity contribution in [1.29, 1.82) is 0 Å². The largest absolute Gasteiger partial charge is 0.493 e. The number of fused-ring (bicyclic) bond motifs is 1. The maximum Gasteiger partial charge on any atom is 0.191 e. The van der Waals surface area contributed by atoms with Crippen LogP contribution in [0.2, 0.25) is 0 Å². The van der Waals surface area contributed by atoms with Crippen LogP contribution < -0.4 is 20.1 Å². The van der Waals surface area contributed by atoms with E-state index in [2.05, 4.69) is 27.6 Å². The summed E-state index contributed by atoms with van der Waals surface area (Å²) in [6.45, 7) is 8.72. The van der Waals surface area contributed by atoms with Crippen molar-refractivity contribution in [3.8, 4) is 11.5 Å². The van der Waals surface area contributed by atoms with E-state index in [1.54, 1.807) is 7.11 Å². The number of methoxy groups -OCH3 is 1. The van der Waals surface area contributed by atoms with Gasteiger partial charge in [-0.3, -0.25) is 0 Å². The summed E-state index contributed by atoms with van der Waals surface area (Å²) in [7, 11) is 1.65. The standard InChI is InChI=1S/C20H30N6O2.HI/c1-5-21-20(24-16-8-10-19-23-14(3)25-26(19)13-16)22-12-15-7-9-17(27-4)18(11-15)28-6-2;/h7,9,11,16H,5-6,8,10,12-13H2,1-4H3,(H2,21,22,24);1H. The Labute approximate surface area is 189 Å². The normalized spacial score (nSPS) is 15.9. The average Bonchev–Trinajstić information content (AvgIpc) is 3.06. The smallest absolute Gasteiger partial charge is 0.191 e. The van der Waals surface area contributed by atoms with Gasteiger partial charge in [0.1, 0.15) is 11.6 Å². The van der Waals surface area contributed by atoms with Crippen LogP contribution in [0.25, 0.3) is 0 Å². The number of halogens is 1. The first-order chi connectivity index (χ1) is 13.6. The lowest BCUT2D eigenvalue weighted by Gasteiger charge is -2.25. The molecule has 0 fully saturated rings. The second kappa shape index (κ2) is 11.2. The van der Waals surface area contributed by atoms with Crippen molar-refractivity contribution in [1.82, 2.24) is 25.4 Å². The molecular formula is C20H31IN6O2. The first kappa shape index (κ1) is 23.2. The molecule has 0 amide bonds. The molecule has 9 heteroatoms. The van der Waals surface area contributed by atoms with Crippen LogP contribution in [0, 0.1) is 6.92 Å². The minimum Gasteiger partial charge on any atom is -0.493 e. The molecule has 1 unspecified atom stereocenters. The van der Waals surface area contributed by atoms with E-state index >= 15 is 0 Å². The van der Waals surface area contributed by atoms with Crippen LogP contribution in [0.1, 0.15) is 37.5 Å². The molecule has 160 valence electrons. The summed E-state index contributed by atoms with van der Waals surface area (Å²) in [4.78, 5) is 9.22. The fourth-order valence-corrected chi connectivity index (χ4v) is 3.32. The van der Waals surface area contributed by atoms with Gasteiger partial charge in [0.15, 0.2) is 17.5 Å². The Morgan fingerprint density at radius 1 is 1.31 bits per heavy atom. The van der Waals surface area contributed by atoms with Crippen LogP contribution in [-0.2, 0) is 19.5 Å². The van der Waals surface area contributed by atoms with E-state index in [9.17, 15) is 0 Å². The summed E-state index contributed by atoms with van der Waals surface area (Å²) in [5.41, 5.74) is 1.07. The van der Waals surface area contributed by atoms with Gasteiger partial charge >= 0.3 is 0 Å². The molecule has 0 aliphatic carbocycles. The van der Waals surface area contributed by atoms with E-state index in [0.29, 0.717) is 13.2 Å². The first-order valence-corrected chi connectivity index (χ1v) is 9.87. The summed E-state index contributed by atoms with van der Waals surface area (Å²) >= 11 is 0. The summed E-state index contributed by atoms with van der Waals surface area (Å²) in [6.07, 6.45) is 1.94. The number of hydrogen-bond donors (Lipinski definition) is 2. The third-order valence-corrected chi connectivity index (χ3v) is 4.60. The summed E-state index contributed by atoms with van der Waals surface area (Å²) in [6, 6.07) is 6.20. The van der Waals surface area contributed by atoms with E-state index in [0.717, 1.165) is 60.6 Å². The Balaban J connectivity index is 0.00000300. The molecule has 3 rings (SSSR count). The fraction of sp³-hybridized carbons (Fsp3) is 0.550. The molecule has 1 aromatic heterocycles. The SMILES string of the molecule is CCNC(=NCc1ccc(OC)c(OCC)c1)NC1CCc2nc(C)nn2C1.I. The first-order valence-electron chi connectivity index (χ1n) is 9.87. The Hall–Kier alpha value is -2.04. The topological polar surface area (TPSA) is 85.6 Å². The number of rotatable bonds is 7. The third-order valence-electron chi connectivity index (χ3n) is 4.60. The monoisotopic (exact) mass is 514 g/mol. The predicted octanol–water partition coefficient (Wildman–Crippen LogP) is 2.68. The zero-order valence-corrected chi connectivity index (χ0v) is 19.9. The molecule has 1 aliphatic rings. The second-order valence-corrected chi connectivity index (χ2v) is 6.75. The minimum atomic E-state index is 0. The zero-order chi connectivity index (χ0) is 19.9. The highest BCUT2D eigenvalue weighted by atomic mass is 127. The van der Waals surface area contributed by atoms with Crippen molar-refractivity contribution in [3.05, 3.63) is 35.4 Å². The number of nitrogens with one attached hydrogen (secondary N) is 2. The Morgan fingerprint density at radius 3 is 2.86 bits per heavy atom. The van der Waals surface area contributed by atoms with Crippen LogP contribution in [0.5, 0.6) is 11.5 Å². The highest BCUT2D eigenvalue weighted by molar-refractivity contribution is 14.0. The van der Waals surface area contributed by atoms with Crippen LogP contribution in [0.3, 0.4) is 0 Å². The molecule has 0 saturated carbocycles. The number of aromatic nitrogens is 3. The van der Waals surface area contributed by atoms with E-state index in [1.807, 2.05) is 36.7 Å². The number of guanidine groups is 1. The van der Waals surface area contributed by atoms with Crippen molar-refractivity contribution in [2.75, 3.05) is 20.3 Å². The molecular weight excluding hydrogens is 483 g/mol. The average molecular weight is 514 g/mol. The molecule has 2 N–H and O–H groups in total. The lowest BCUT2D eigenvalue weighted by Crippen LogP contribution is -2.47. The second-order valence-electron chi connectivity index (χ2n) is 6.75. The number of nitrogens with zero attached hydrogens (tertiary/aromatic N) is 4. The van der Waals surface area contributed by atoms with Gasteiger partial charge in [-0.05, 0) is 44.9 Å². The van der Waals surface area contributed by atoms with Gasteiger partial charge in [-0.1, -0.05) is 6.07 Å². The number of benzene rings is 1. The maximum absolute atomic E-state index is 5.66. The fourth-order valence-electron chi connectivity index (χ4n) is 3.32. The number of hydrogen-bond acceptors (Lipinski definition) is 5. The van der Waals surface area contributed by atoms with Gasteiger partial charge in [-0.2, -0.15) is 5.10 Å². The minimum absolute atomic E-state index is 0. The Morgan fingerprint density at radius 2 is 2.14 bits per heavy atom. The molecule has 0 spiro atoms. The molecule has 1 aliphatic heterocycles. The van der Waals surface area contributed by atoms with Gasteiger partial charge in [0, 0.05) is 19.0 Å². The number of ether oxygens (including phenoxy) is 2. The molecule has 0 saturated heterocycles. The van der Waals surface area contributed by atoms with Gasteiger partial charge in [0.25, 0.3) is 0 Å². The van der Waals surface area contributed by atoms with Crippen molar-refractivity contribution in [2.45, 2.75) is 52.7 Å². The number of aliphatic imine (C=N–C) groups is 1. The molecule has 1 atom stereocenters. The maximum atomic E-state index is 5.66.